The predicted molar refractivity (Wildman–Crippen MR) is 123 cm³/mol. The number of pyridine rings is 1. The number of carbonyl (C=O) groups is 1. The second-order valence-electron chi connectivity index (χ2n) is 7.42. The van der Waals surface area contributed by atoms with Crippen LogP contribution in [0.2, 0.25) is 0 Å². The normalized spacial score (nSPS) is 16.4. The van der Waals surface area contributed by atoms with Crippen molar-refractivity contribution in [2.45, 2.75) is 24.4 Å². The Morgan fingerprint density at radius 2 is 1.94 bits per heavy atom. The number of nitrogens with zero attached hydrogens (tertiary/aromatic N) is 3. The van der Waals surface area contributed by atoms with Crippen LogP contribution in [0.1, 0.15) is 27.3 Å². The molecule has 3 heterocycles. The zero-order valence-corrected chi connectivity index (χ0v) is 18.5. The number of para-hydroxylation sites is 1. The zero-order valence-electron chi connectivity index (χ0n) is 16.9. The number of hydrogen-bond donors (Lipinski definition) is 0. The summed E-state index contributed by atoms with van der Waals surface area (Å²) in [6.07, 6.45) is 2.61. The topological polar surface area (TPSA) is 64.0 Å². The lowest BCUT2D eigenvalue weighted by molar-refractivity contribution is 0.0986. The average molecular weight is 478 g/mol. The Morgan fingerprint density at radius 1 is 1.10 bits per heavy atom. The molecule has 2 aliphatic rings. The van der Waals surface area contributed by atoms with Crippen LogP contribution in [0.5, 0.6) is 11.5 Å². The van der Waals surface area contributed by atoms with Crippen LogP contribution in [0.4, 0.5) is 11.4 Å². The molecule has 0 N–H and O–H groups in total. The summed E-state index contributed by atoms with van der Waals surface area (Å²) in [5.74, 6) is 0.934. The van der Waals surface area contributed by atoms with Crippen LogP contribution in [0.15, 0.2) is 59.6 Å². The van der Waals surface area contributed by atoms with Gasteiger partial charge in [-0.2, -0.15) is 0 Å². The first kappa shape index (κ1) is 19.8. The number of benzene rings is 2. The van der Waals surface area contributed by atoms with E-state index in [4.69, 9.17) is 9.47 Å². The van der Waals surface area contributed by atoms with Gasteiger partial charge >= 0.3 is 0 Å². The molecule has 0 spiro atoms. The maximum atomic E-state index is 13.4. The van der Waals surface area contributed by atoms with E-state index in [1.165, 1.54) is 0 Å². The number of halogens is 1. The fourth-order valence-corrected chi connectivity index (χ4v) is 4.34. The van der Waals surface area contributed by atoms with Crippen molar-refractivity contribution in [2.75, 3.05) is 12.0 Å². The van der Waals surface area contributed by atoms with Gasteiger partial charge in [0.15, 0.2) is 11.5 Å². The van der Waals surface area contributed by atoms with E-state index in [1.807, 2.05) is 47.5 Å². The Hall–Kier alpha value is -3.19. The molecule has 1 atom stereocenters. The molecule has 0 aliphatic carbocycles. The summed E-state index contributed by atoms with van der Waals surface area (Å²) in [6.45, 7) is 0.287. The van der Waals surface area contributed by atoms with Gasteiger partial charge in [-0.15, -0.1) is 0 Å². The first-order valence-electron chi connectivity index (χ1n) is 9.99. The van der Waals surface area contributed by atoms with E-state index in [0.29, 0.717) is 28.1 Å². The average Bonchev–Trinajstić information content (AvgIpc) is 3.13. The molecule has 7 heteroatoms. The number of carbonyl (C=O) groups excluding carboxylic acids is 1. The lowest BCUT2D eigenvalue weighted by atomic mass is 10.1. The first-order chi connectivity index (χ1) is 15.2. The quantitative estimate of drug-likeness (QED) is 0.492. The number of anilines is 1. The summed E-state index contributed by atoms with van der Waals surface area (Å²) in [6, 6.07) is 17.2. The molecule has 2 aromatic carbocycles. The number of fused-ring (bicyclic) bond motifs is 4. The molecule has 6 nitrogen and oxygen atoms in total. The summed E-state index contributed by atoms with van der Waals surface area (Å²) in [4.78, 5) is 24.4. The van der Waals surface area contributed by atoms with Gasteiger partial charge < -0.3 is 9.47 Å². The minimum absolute atomic E-state index is 0.0843. The lowest BCUT2D eigenvalue weighted by Crippen LogP contribution is -2.37. The van der Waals surface area contributed by atoms with E-state index in [9.17, 15) is 4.79 Å². The summed E-state index contributed by atoms with van der Waals surface area (Å²) < 4.78 is 11.5. The highest BCUT2D eigenvalue weighted by Gasteiger charge is 2.36. The molecule has 0 bridgehead atoms. The van der Waals surface area contributed by atoms with Crippen molar-refractivity contribution in [3.05, 3.63) is 77.1 Å². The third-order valence-corrected chi connectivity index (χ3v) is 6.08. The standard InChI is InChI=1S/C24H20BrN3O3/c1-30-22-10-19-20(11-23(22)31-14-17-7-4-6-16(12-25)27-17)26-13-18-9-15-5-2-3-8-21(15)28(18)24(19)29/h2-8,10-11,13,18H,9,12,14H2,1H3/t18-/m0/s1. The molecule has 2 aliphatic heterocycles. The molecule has 0 radical (unpaired) electrons. The highest BCUT2D eigenvalue weighted by molar-refractivity contribution is 9.08. The molecule has 31 heavy (non-hydrogen) atoms. The summed E-state index contributed by atoms with van der Waals surface area (Å²) in [7, 11) is 1.57. The summed E-state index contributed by atoms with van der Waals surface area (Å²) in [5.41, 5.74) is 4.92. The van der Waals surface area contributed by atoms with Crippen molar-refractivity contribution >= 4 is 39.4 Å². The van der Waals surface area contributed by atoms with Gasteiger partial charge in [-0.25, -0.2) is 0 Å². The SMILES string of the molecule is COc1cc2c(cc1OCc1cccc(CBr)n1)N=C[C@@H]1Cc3ccccc3N1C2=O. The fourth-order valence-electron chi connectivity index (χ4n) is 4.02. The summed E-state index contributed by atoms with van der Waals surface area (Å²) >= 11 is 3.42. The Bertz CT molecular complexity index is 1190. The molecule has 3 aromatic rings. The van der Waals surface area contributed by atoms with Crippen LogP contribution < -0.4 is 14.4 Å². The maximum Gasteiger partial charge on any atom is 0.261 e. The number of rotatable bonds is 5. The second-order valence-corrected chi connectivity index (χ2v) is 7.98. The number of aliphatic imine (C=N–C) groups is 1. The highest BCUT2D eigenvalue weighted by Crippen LogP contribution is 2.40. The largest absolute Gasteiger partial charge is 0.493 e. The summed E-state index contributed by atoms with van der Waals surface area (Å²) in [5, 5.41) is 0.681. The van der Waals surface area contributed by atoms with Crippen molar-refractivity contribution in [1.82, 2.24) is 4.98 Å². The number of amides is 1. The van der Waals surface area contributed by atoms with Crippen LogP contribution in [0.3, 0.4) is 0 Å². The van der Waals surface area contributed by atoms with Crippen LogP contribution >= 0.6 is 15.9 Å². The molecule has 0 fully saturated rings. The monoisotopic (exact) mass is 477 g/mol. The molecule has 1 amide bonds. The molecule has 0 unspecified atom stereocenters. The molecule has 0 saturated carbocycles. The third kappa shape index (κ3) is 3.59. The molecule has 1 aromatic heterocycles. The van der Waals surface area contributed by atoms with Crippen LogP contribution in [0, 0.1) is 0 Å². The highest BCUT2D eigenvalue weighted by atomic mass is 79.9. The number of ether oxygens (including phenoxy) is 2. The second kappa shape index (κ2) is 8.15. The Balaban J connectivity index is 1.47. The van der Waals surface area contributed by atoms with Gasteiger partial charge in [-0.1, -0.05) is 40.2 Å². The van der Waals surface area contributed by atoms with E-state index >= 15 is 0 Å². The fraction of sp³-hybridized carbons (Fsp3) is 0.208. The van der Waals surface area contributed by atoms with Gasteiger partial charge in [-0.3, -0.25) is 19.7 Å². The van der Waals surface area contributed by atoms with Crippen molar-refractivity contribution in [3.8, 4) is 11.5 Å². The minimum Gasteiger partial charge on any atom is -0.493 e. The van der Waals surface area contributed by atoms with Crippen LogP contribution in [-0.4, -0.2) is 30.3 Å². The predicted octanol–water partition coefficient (Wildman–Crippen LogP) is 4.85. The maximum absolute atomic E-state index is 13.4. The Kier molecular flexibility index (Phi) is 5.19. The van der Waals surface area contributed by atoms with Gasteiger partial charge in [0.25, 0.3) is 5.91 Å². The van der Waals surface area contributed by atoms with E-state index < -0.39 is 0 Å². The van der Waals surface area contributed by atoms with E-state index in [1.54, 1.807) is 19.2 Å². The number of aromatic nitrogens is 1. The molecule has 5 rings (SSSR count). The van der Waals surface area contributed by atoms with Crippen molar-refractivity contribution in [1.29, 1.82) is 0 Å². The minimum atomic E-state index is -0.0937. The van der Waals surface area contributed by atoms with Crippen LogP contribution in [-0.2, 0) is 18.4 Å². The van der Waals surface area contributed by atoms with Crippen molar-refractivity contribution in [2.24, 2.45) is 4.99 Å². The van der Waals surface area contributed by atoms with Gasteiger partial charge in [0.05, 0.1) is 35.8 Å². The van der Waals surface area contributed by atoms with Gasteiger partial charge in [0.2, 0.25) is 0 Å². The number of methoxy groups -OCH3 is 1. The first-order valence-corrected chi connectivity index (χ1v) is 11.1. The number of hydrogen-bond acceptors (Lipinski definition) is 5. The smallest absolute Gasteiger partial charge is 0.261 e. The number of alkyl halides is 1. The van der Waals surface area contributed by atoms with Gasteiger partial charge in [0.1, 0.15) is 6.61 Å². The van der Waals surface area contributed by atoms with Gasteiger partial charge in [0, 0.05) is 29.7 Å². The van der Waals surface area contributed by atoms with Crippen molar-refractivity contribution in [3.63, 3.8) is 0 Å². The van der Waals surface area contributed by atoms with E-state index in [-0.39, 0.29) is 18.6 Å². The van der Waals surface area contributed by atoms with E-state index in [0.717, 1.165) is 29.1 Å². The van der Waals surface area contributed by atoms with E-state index in [2.05, 4.69) is 32.0 Å². The lowest BCUT2D eigenvalue weighted by Gasteiger charge is -2.22. The van der Waals surface area contributed by atoms with Gasteiger partial charge in [-0.05, 0) is 29.8 Å². The Labute approximate surface area is 188 Å². The molecular weight excluding hydrogens is 458 g/mol. The van der Waals surface area contributed by atoms with Crippen molar-refractivity contribution < 1.29 is 14.3 Å². The Morgan fingerprint density at radius 3 is 2.77 bits per heavy atom. The molecule has 156 valence electrons. The van der Waals surface area contributed by atoms with Crippen LogP contribution in [0.25, 0.3) is 0 Å². The molecular formula is C24H20BrN3O3. The zero-order chi connectivity index (χ0) is 21.4. The molecule has 0 saturated heterocycles. The third-order valence-electron chi connectivity index (χ3n) is 5.51.